The number of nitrogens with zero attached hydrogens (tertiary/aromatic N) is 3. The number of amides is 1. The lowest BCUT2D eigenvalue weighted by Gasteiger charge is -2.21. The molecule has 0 bridgehead atoms. The lowest BCUT2D eigenvalue weighted by molar-refractivity contribution is -0.137. The Balaban J connectivity index is 3.13. The van der Waals surface area contributed by atoms with Crippen LogP contribution in [0.2, 0.25) is 0 Å². The highest BCUT2D eigenvalue weighted by Crippen LogP contribution is 2.18. The lowest BCUT2D eigenvalue weighted by atomic mass is 10.0. The zero-order chi connectivity index (χ0) is 15.3. The standard InChI is InChI=1S/C14H21N3O3/c1-5-6-17(8-12(18)19)14(20)11-7-15-10(4)16-13(11)9(2)3/h7,9H,5-6,8H2,1-4H3,(H,18,19). The van der Waals surface area contributed by atoms with E-state index in [0.717, 1.165) is 0 Å². The van der Waals surface area contributed by atoms with Crippen molar-refractivity contribution in [1.82, 2.24) is 14.9 Å². The van der Waals surface area contributed by atoms with Crippen molar-refractivity contribution in [2.24, 2.45) is 0 Å². The molecule has 6 heteroatoms. The smallest absolute Gasteiger partial charge is 0.323 e. The van der Waals surface area contributed by atoms with Crippen molar-refractivity contribution in [3.63, 3.8) is 0 Å². The molecule has 1 heterocycles. The lowest BCUT2D eigenvalue weighted by Crippen LogP contribution is -2.37. The van der Waals surface area contributed by atoms with Crippen LogP contribution >= 0.6 is 0 Å². The molecule has 6 nitrogen and oxygen atoms in total. The minimum absolute atomic E-state index is 0.0731. The third-order valence-electron chi connectivity index (χ3n) is 2.82. The van der Waals surface area contributed by atoms with Gasteiger partial charge in [0.2, 0.25) is 0 Å². The maximum absolute atomic E-state index is 12.5. The number of aryl methyl sites for hydroxylation is 1. The van der Waals surface area contributed by atoms with Gasteiger partial charge in [-0.2, -0.15) is 0 Å². The van der Waals surface area contributed by atoms with Crippen molar-refractivity contribution in [3.05, 3.63) is 23.3 Å². The Hall–Kier alpha value is -1.98. The largest absolute Gasteiger partial charge is 0.480 e. The molecule has 1 aromatic rings. The molecule has 0 spiro atoms. The van der Waals surface area contributed by atoms with Crippen LogP contribution < -0.4 is 0 Å². The van der Waals surface area contributed by atoms with Gasteiger partial charge >= 0.3 is 5.97 Å². The molecule has 0 radical (unpaired) electrons. The summed E-state index contributed by atoms with van der Waals surface area (Å²) in [6, 6.07) is 0. The number of carbonyl (C=O) groups excluding carboxylic acids is 1. The Bertz CT molecular complexity index is 500. The predicted molar refractivity (Wildman–Crippen MR) is 74.7 cm³/mol. The van der Waals surface area contributed by atoms with Crippen LogP contribution in [0.25, 0.3) is 0 Å². The van der Waals surface area contributed by atoms with Gasteiger partial charge in [-0.25, -0.2) is 9.97 Å². The fraction of sp³-hybridized carbons (Fsp3) is 0.571. The van der Waals surface area contributed by atoms with Crippen molar-refractivity contribution >= 4 is 11.9 Å². The summed E-state index contributed by atoms with van der Waals surface area (Å²) in [5.41, 5.74) is 1.05. The SMILES string of the molecule is CCCN(CC(=O)O)C(=O)c1cnc(C)nc1C(C)C. The molecule has 1 amide bonds. The van der Waals surface area contributed by atoms with Crippen molar-refractivity contribution in [2.45, 2.75) is 40.0 Å². The summed E-state index contributed by atoms with van der Waals surface area (Å²) < 4.78 is 0. The van der Waals surface area contributed by atoms with Gasteiger partial charge in [-0.05, 0) is 19.3 Å². The molecule has 1 aromatic heterocycles. The molecule has 1 N–H and O–H groups in total. The summed E-state index contributed by atoms with van der Waals surface area (Å²) in [6.45, 7) is 7.65. The molecule has 110 valence electrons. The zero-order valence-corrected chi connectivity index (χ0v) is 12.4. The molecule has 1 rings (SSSR count). The fourth-order valence-corrected chi connectivity index (χ4v) is 1.95. The van der Waals surface area contributed by atoms with E-state index in [2.05, 4.69) is 9.97 Å². The van der Waals surface area contributed by atoms with E-state index in [1.54, 1.807) is 6.92 Å². The van der Waals surface area contributed by atoms with Crippen LogP contribution in [0, 0.1) is 6.92 Å². The summed E-state index contributed by atoms with van der Waals surface area (Å²) in [5, 5.41) is 8.90. The minimum atomic E-state index is -1.02. The zero-order valence-electron chi connectivity index (χ0n) is 12.4. The van der Waals surface area contributed by atoms with Crippen LogP contribution in [0.5, 0.6) is 0 Å². The van der Waals surface area contributed by atoms with Gasteiger partial charge in [-0.1, -0.05) is 20.8 Å². The maximum Gasteiger partial charge on any atom is 0.323 e. The normalized spacial score (nSPS) is 10.7. The second-order valence-corrected chi connectivity index (χ2v) is 4.99. The number of hydrogen-bond acceptors (Lipinski definition) is 4. The van der Waals surface area contributed by atoms with E-state index in [1.807, 2.05) is 20.8 Å². The highest BCUT2D eigenvalue weighted by atomic mass is 16.4. The third kappa shape index (κ3) is 4.01. The number of aromatic nitrogens is 2. The van der Waals surface area contributed by atoms with Gasteiger partial charge in [-0.3, -0.25) is 9.59 Å². The molecular weight excluding hydrogens is 258 g/mol. The molecule has 0 aromatic carbocycles. The Morgan fingerprint density at radius 3 is 2.55 bits per heavy atom. The first-order chi connectivity index (χ1) is 9.36. The summed E-state index contributed by atoms with van der Waals surface area (Å²) in [7, 11) is 0. The number of carbonyl (C=O) groups is 2. The number of carboxylic acids is 1. The van der Waals surface area contributed by atoms with E-state index in [-0.39, 0.29) is 18.4 Å². The average molecular weight is 279 g/mol. The molecular formula is C14H21N3O3. The van der Waals surface area contributed by atoms with Gasteiger partial charge in [0.05, 0.1) is 11.3 Å². The molecule has 0 fully saturated rings. The van der Waals surface area contributed by atoms with Gasteiger partial charge < -0.3 is 10.0 Å². The van der Waals surface area contributed by atoms with E-state index in [0.29, 0.717) is 30.0 Å². The second-order valence-electron chi connectivity index (χ2n) is 4.99. The van der Waals surface area contributed by atoms with Crippen LogP contribution in [0.15, 0.2) is 6.20 Å². The number of hydrogen-bond donors (Lipinski definition) is 1. The van der Waals surface area contributed by atoms with E-state index >= 15 is 0 Å². The first kappa shape index (κ1) is 16.1. The number of carboxylic acid groups (broad SMARTS) is 1. The summed E-state index contributed by atoms with van der Waals surface area (Å²) >= 11 is 0. The molecule has 0 aliphatic carbocycles. The Labute approximate surface area is 118 Å². The van der Waals surface area contributed by atoms with Crippen LogP contribution in [-0.4, -0.2) is 44.9 Å². The van der Waals surface area contributed by atoms with Gasteiger partial charge in [0, 0.05) is 12.7 Å². The predicted octanol–water partition coefficient (Wildman–Crippen LogP) is 1.85. The third-order valence-corrected chi connectivity index (χ3v) is 2.82. The fourth-order valence-electron chi connectivity index (χ4n) is 1.95. The first-order valence-corrected chi connectivity index (χ1v) is 6.71. The van der Waals surface area contributed by atoms with Crippen molar-refractivity contribution in [2.75, 3.05) is 13.1 Å². The quantitative estimate of drug-likeness (QED) is 0.859. The maximum atomic E-state index is 12.5. The van der Waals surface area contributed by atoms with Gasteiger partial charge in [-0.15, -0.1) is 0 Å². The minimum Gasteiger partial charge on any atom is -0.480 e. The van der Waals surface area contributed by atoms with Gasteiger partial charge in [0.25, 0.3) is 5.91 Å². The van der Waals surface area contributed by atoms with E-state index in [1.165, 1.54) is 11.1 Å². The van der Waals surface area contributed by atoms with Crippen molar-refractivity contribution in [1.29, 1.82) is 0 Å². The van der Waals surface area contributed by atoms with Gasteiger partial charge in [0.1, 0.15) is 12.4 Å². The monoisotopic (exact) mass is 279 g/mol. The molecule has 0 saturated heterocycles. The topological polar surface area (TPSA) is 83.4 Å². The molecule has 0 atom stereocenters. The number of rotatable bonds is 6. The second kappa shape index (κ2) is 6.98. The van der Waals surface area contributed by atoms with Gasteiger partial charge in [0.15, 0.2) is 0 Å². The highest BCUT2D eigenvalue weighted by Gasteiger charge is 2.23. The van der Waals surface area contributed by atoms with Crippen LogP contribution in [0.4, 0.5) is 0 Å². The van der Waals surface area contributed by atoms with Crippen LogP contribution in [0.1, 0.15) is 55.0 Å². The summed E-state index contributed by atoms with van der Waals surface area (Å²) in [6.07, 6.45) is 2.19. The molecule has 0 saturated carbocycles. The van der Waals surface area contributed by atoms with Crippen LogP contribution in [0.3, 0.4) is 0 Å². The van der Waals surface area contributed by atoms with E-state index in [9.17, 15) is 9.59 Å². The van der Waals surface area contributed by atoms with E-state index in [4.69, 9.17) is 5.11 Å². The molecule has 0 unspecified atom stereocenters. The first-order valence-electron chi connectivity index (χ1n) is 6.71. The van der Waals surface area contributed by atoms with E-state index < -0.39 is 5.97 Å². The van der Waals surface area contributed by atoms with Crippen molar-refractivity contribution < 1.29 is 14.7 Å². The Morgan fingerprint density at radius 1 is 1.40 bits per heavy atom. The average Bonchev–Trinajstić information content (AvgIpc) is 2.36. The number of aliphatic carboxylic acids is 1. The molecule has 0 aliphatic heterocycles. The molecule has 20 heavy (non-hydrogen) atoms. The Kier molecular flexibility index (Phi) is 5.61. The Morgan fingerprint density at radius 2 is 2.05 bits per heavy atom. The van der Waals surface area contributed by atoms with Crippen molar-refractivity contribution in [3.8, 4) is 0 Å². The van der Waals surface area contributed by atoms with Crippen LogP contribution in [-0.2, 0) is 4.79 Å². The summed E-state index contributed by atoms with van der Waals surface area (Å²) in [5.74, 6) is -0.668. The summed E-state index contributed by atoms with van der Waals surface area (Å²) in [4.78, 5) is 33.0. The molecule has 0 aliphatic rings. The highest BCUT2D eigenvalue weighted by molar-refractivity contribution is 5.96.